The summed E-state index contributed by atoms with van der Waals surface area (Å²) >= 11 is 0. The van der Waals surface area contributed by atoms with E-state index in [1.807, 2.05) is 12.1 Å². The third-order valence-corrected chi connectivity index (χ3v) is 10.8. The predicted octanol–water partition coefficient (Wildman–Crippen LogP) is 2.93. The van der Waals surface area contributed by atoms with Gasteiger partial charge in [0, 0.05) is 21.3 Å². The fourth-order valence-electron chi connectivity index (χ4n) is 2.69. The molecule has 0 aliphatic rings. The van der Waals surface area contributed by atoms with Crippen molar-refractivity contribution in [2.45, 2.75) is 12.2 Å². The number of rotatable bonds is 7. The van der Waals surface area contributed by atoms with Gasteiger partial charge in [0.25, 0.3) is 0 Å². The molecule has 5 heteroatoms. The van der Waals surface area contributed by atoms with Crippen molar-refractivity contribution in [2.24, 2.45) is 0 Å². The van der Waals surface area contributed by atoms with Crippen molar-refractivity contribution in [3.05, 3.63) is 60.7 Å². The monoisotopic (exact) mass is 334 g/mol. The Bertz CT molecular complexity index is 513. The molecule has 3 nitrogen and oxygen atoms in total. The lowest BCUT2D eigenvalue weighted by molar-refractivity contribution is 0.122. The lowest BCUT2D eigenvalue weighted by atomic mass is 10.4. The number of benzene rings is 2. The molecular formula is C17H23O3PSi. The molecule has 1 unspecified atom stereocenters. The Kier molecular flexibility index (Phi) is 6.30. The third-order valence-electron chi connectivity index (χ3n) is 3.82. The quantitative estimate of drug-likeness (QED) is 0.576. The highest BCUT2D eigenvalue weighted by atomic mass is 31.1. The van der Waals surface area contributed by atoms with Crippen LogP contribution in [0.5, 0.6) is 0 Å². The van der Waals surface area contributed by atoms with E-state index in [0.717, 1.165) is 0 Å². The summed E-state index contributed by atoms with van der Waals surface area (Å²) in [7, 11) is 1.69. The van der Waals surface area contributed by atoms with Crippen LogP contribution in [0.4, 0.5) is 0 Å². The van der Waals surface area contributed by atoms with Gasteiger partial charge in [-0.15, -0.1) is 0 Å². The highest BCUT2D eigenvalue weighted by Crippen LogP contribution is 2.44. The van der Waals surface area contributed by atoms with Gasteiger partial charge in [0.1, 0.15) is 0 Å². The van der Waals surface area contributed by atoms with E-state index in [9.17, 15) is 0 Å². The van der Waals surface area contributed by atoms with Gasteiger partial charge in [0.05, 0.1) is 5.28 Å². The summed E-state index contributed by atoms with van der Waals surface area (Å²) in [5.74, 6) is 0. The van der Waals surface area contributed by atoms with Gasteiger partial charge in [-0.05, 0) is 18.5 Å². The summed E-state index contributed by atoms with van der Waals surface area (Å²) in [6.07, 6.45) is 0. The number of hydrogen-bond acceptors (Lipinski definition) is 3. The van der Waals surface area contributed by atoms with Gasteiger partial charge in [-0.1, -0.05) is 67.6 Å². The molecule has 0 heterocycles. The first-order chi connectivity index (χ1) is 10.7. The Morgan fingerprint density at radius 3 is 1.41 bits per heavy atom. The molecule has 118 valence electrons. The third kappa shape index (κ3) is 3.48. The molecule has 2 aromatic rings. The fraction of sp³-hybridized carbons (Fsp3) is 0.294. The van der Waals surface area contributed by atoms with Crippen LogP contribution in [0, 0.1) is 0 Å². The van der Waals surface area contributed by atoms with Crippen molar-refractivity contribution in [1.82, 2.24) is 0 Å². The molecule has 0 saturated carbocycles. The molecule has 0 amide bonds. The van der Waals surface area contributed by atoms with Crippen LogP contribution < -0.4 is 10.6 Å². The largest absolute Gasteiger partial charge is 0.508 e. The normalized spacial score (nSPS) is 13.3. The van der Waals surface area contributed by atoms with E-state index in [0.29, 0.717) is 0 Å². The van der Waals surface area contributed by atoms with Crippen LogP contribution in [0.25, 0.3) is 0 Å². The topological polar surface area (TPSA) is 27.7 Å². The average molecular weight is 334 g/mol. The second-order valence-corrected chi connectivity index (χ2v) is 11.3. The predicted molar refractivity (Wildman–Crippen MR) is 95.3 cm³/mol. The SMILES string of the molecule is CO[Si](OC)(OC)C(C)P(c1ccccc1)c1ccccc1. The first-order valence-corrected chi connectivity index (χ1v) is 10.4. The Morgan fingerprint density at radius 2 is 1.09 bits per heavy atom. The van der Waals surface area contributed by atoms with Gasteiger partial charge in [-0.3, -0.25) is 0 Å². The maximum absolute atomic E-state index is 5.73. The Hall–Kier alpha value is -1.03. The molecule has 0 aromatic heterocycles. The Balaban J connectivity index is 2.49. The van der Waals surface area contributed by atoms with Crippen LogP contribution in [-0.4, -0.2) is 35.4 Å². The zero-order valence-electron chi connectivity index (χ0n) is 13.5. The summed E-state index contributed by atoms with van der Waals surface area (Å²) in [4.78, 5) is 0. The standard InChI is InChI=1S/C17H23O3PSi/c1-15(22(18-2,19-3)20-4)21(16-11-7-5-8-12-16)17-13-9-6-10-14-17/h5-15H,1-4H3. The van der Waals surface area contributed by atoms with Crippen molar-refractivity contribution in [2.75, 3.05) is 21.3 Å². The van der Waals surface area contributed by atoms with E-state index in [2.05, 4.69) is 55.5 Å². The molecular weight excluding hydrogens is 311 g/mol. The van der Waals surface area contributed by atoms with Gasteiger partial charge >= 0.3 is 8.80 Å². The van der Waals surface area contributed by atoms with Crippen LogP contribution in [0.1, 0.15) is 6.92 Å². The molecule has 0 radical (unpaired) electrons. The van der Waals surface area contributed by atoms with Gasteiger partial charge in [-0.25, -0.2) is 0 Å². The van der Waals surface area contributed by atoms with Crippen LogP contribution in [0.15, 0.2) is 60.7 Å². The second-order valence-electron chi connectivity index (χ2n) is 4.93. The maximum Gasteiger partial charge on any atom is 0.508 e. The van der Waals surface area contributed by atoms with Crippen molar-refractivity contribution in [3.8, 4) is 0 Å². The van der Waals surface area contributed by atoms with Gasteiger partial charge in [-0.2, -0.15) is 0 Å². The summed E-state index contributed by atoms with van der Waals surface area (Å²) in [6.45, 7) is 2.18. The molecule has 0 fully saturated rings. The molecule has 0 aliphatic carbocycles. The molecule has 0 saturated heterocycles. The van der Waals surface area contributed by atoms with E-state index in [-0.39, 0.29) is 5.28 Å². The fourth-order valence-corrected chi connectivity index (χ4v) is 9.50. The van der Waals surface area contributed by atoms with E-state index in [1.54, 1.807) is 21.3 Å². The van der Waals surface area contributed by atoms with Crippen molar-refractivity contribution < 1.29 is 13.3 Å². The Morgan fingerprint density at radius 1 is 0.727 bits per heavy atom. The maximum atomic E-state index is 5.73. The smallest absolute Gasteiger partial charge is 0.376 e. The van der Waals surface area contributed by atoms with Crippen LogP contribution >= 0.6 is 7.92 Å². The summed E-state index contributed by atoms with van der Waals surface area (Å²) in [5, 5.41) is 2.77. The molecule has 0 bridgehead atoms. The highest BCUT2D eigenvalue weighted by molar-refractivity contribution is 7.75. The second kappa shape index (κ2) is 8.00. The van der Waals surface area contributed by atoms with Gasteiger partial charge in [0.2, 0.25) is 0 Å². The average Bonchev–Trinajstić information content (AvgIpc) is 2.59. The lowest BCUT2D eigenvalue weighted by Crippen LogP contribution is -2.54. The molecule has 2 rings (SSSR count). The zero-order chi connectivity index (χ0) is 16.0. The summed E-state index contributed by atoms with van der Waals surface area (Å²) in [6, 6.07) is 21.1. The number of hydrogen-bond donors (Lipinski definition) is 0. The molecule has 0 N–H and O–H groups in total. The van der Waals surface area contributed by atoms with Gasteiger partial charge in [0.15, 0.2) is 0 Å². The first kappa shape index (κ1) is 17.3. The van der Waals surface area contributed by atoms with E-state index >= 15 is 0 Å². The molecule has 0 aliphatic heterocycles. The zero-order valence-corrected chi connectivity index (χ0v) is 15.4. The van der Waals surface area contributed by atoms with Crippen molar-refractivity contribution in [3.63, 3.8) is 0 Å². The van der Waals surface area contributed by atoms with Crippen molar-refractivity contribution in [1.29, 1.82) is 0 Å². The summed E-state index contributed by atoms with van der Waals surface area (Å²) in [5.41, 5.74) is 0. The molecule has 0 spiro atoms. The van der Waals surface area contributed by atoms with Crippen LogP contribution in [0.2, 0.25) is 0 Å². The molecule has 2 aromatic carbocycles. The van der Waals surface area contributed by atoms with E-state index in [4.69, 9.17) is 13.3 Å². The van der Waals surface area contributed by atoms with E-state index < -0.39 is 16.7 Å². The van der Waals surface area contributed by atoms with Gasteiger partial charge < -0.3 is 13.3 Å². The minimum Gasteiger partial charge on any atom is -0.376 e. The van der Waals surface area contributed by atoms with Crippen molar-refractivity contribution >= 4 is 27.3 Å². The minimum absolute atomic E-state index is 0.160. The summed E-state index contributed by atoms with van der Waals surface area (Å²) < 4.78 is 17.2. The highest BCUT2D eigenvalue weighted by Gasteiger charge is 2.49. The Labute approximate surface area is 135 Å². The first-order valence-electron chi connectivity index (χ1n) is 7.23. The van der Waals surface area contributed by atoms with Crippen LogP contribution in [0.3, 0.4) is 0 Å². The molecule has 22 heavy (non-hydrogen) atoms. The van der Waals surface area contributed by atoms with E-state index in [1.165, 1.54) is 10.6 Å². The lowest BCUT2D eigenvalue weighted by Gasteiger charge is -2.35. The van der Waals surface area contributed by atoms with Crippen LogP contribution in [-0.2, 0) is 13.3 Å². The molecule has 1 atom stereocenters. The minimum atomic E-state index is -2.72.